The van der Waals surface area contributed by atoms with Gasteiger partial charge in [0.1, 0.15) is 5.60 Å². The number of carbonyl (C=O) groups excluding carboxylic acids is 1. The summed E-state index contributed by atoms with van der Waals surface area (Å²) in [6.07, 6.45) is 5.61. The summed E-state index contributed by atoms with van der Waals surface area (Å²) in [7, 11) is 0. The van der Waals surface area contributed by atoms with Gasteiger partial charge in [-0.2, -0.15) is 0 Å². The SMILES string of the molecule is CC1OC23CC1CC[C@]2(C)CCC(CN)C3=O. The van der Waals surface area contributed by atoms with Gasteiger partial charge in [-0.25, -0.2) is 0 Å². The third kappa shape index (κ3) is 1.33. The quantitative estimate of drug-likeness (QED) is 0.757. The highest BCUT2D eigenvalue weighted by Gasteiger charge is 2.65. The monoisotopic (exact) mass is 237 g/mol. The predicted octanol–water partition coefficient (Wildman–Crippen LogP) is 1.89. The van der Waals surface area contributed by atoms with Crippen LogP contribution in [0.2, 0.25) is 0 Å². The summed E-state index contributed by atoms with van der Waals surface area (Å²) in [6.45, 7) is 4.87. The van der Waals surface area contributed by atoms with Gasteiger partial charge in [0.2, 0.25) is 0 Å². The third-order valence-electron chi connectivity index (χ3n) is 5.74. The molecular formula is C14H23NO2. The Morgan fingerprint density at radius 2 is 2.12 bits per heavy atom. The Balaban J connectivity index is 2.01. The maximum absolute atomic E-state index is 12.7. The fraction of sp³-hybridized carbons (Fsp3) is 0.929. The van der Waals surface area contributed by atoms with Crippen LogP contribution in [0.1, 0.15) is 46.0 Å². The molecule has 3 nitrogen and oxygen atoms in total. The Morgan fingerprint density at radius 3 is 2.82 bits per heavy atom. The van der Waals surface area contributed by atoms with Gasteiger partial charge in [0, 0.05) is 17.9 Å². The van der Waals surface area contributed by atoms with Crippen molar-refractivity contribution in [2.24, 2.45) is 23.0 Å². The van der Waals surface area contributed by atoms with Gasteiger partial charge in [0.05, 0.1) is 6.10 Å². The van der Waals surface area contributed by atoms with E-state index in [1.807, 2.05) is 0 Å². The molecule has 0 radical (unpaired) electrons. The Bertz CT molecular complexity index is 352. The van der Waals surface area contributed by atoms with Gasteiger partial charge in [-0.05, 0) is 44.9 Å². The van der Waals surface area contributed by atoms with E-state index in [0.29, 0.717) is 18.2 Å². The number of ether oxygens (including phenoxy) is 1. The molecule has 0 aromatic rings. The molecule has 0 aromatic heterocycles. The van der Waals surface area contributed by atoms with Crippen molar-refractivity contribution < 1.29 is 9.53 Å². The van der Waals surface area contributed by atoms with Gasteiger partial charge in [-0.15, -0.1) is 0 Å². The molecule has 2 N–H and O–H groups in total. The molecule has 4 unspecified atom stereocenters. The molecule has 1 aliphatic heterocycles. The predicted molar refractivity (Wildman–Crippen MR) is 65.5 cm³/mol. The van der Waals surface area contributed by atoms with Crippen LogP contribution in [0.3, 0.4) is 0 Å². The van der Waals surface area contributed by atoms with Crippen molar-refractivity contribution in [3.05, 3.63) is 0 Å². The molecule has 3 fully saturated rings. The summed E-state index contributed by atoms with van der Waals surface area (Å²) in [6, 6.07) is 0. The Kier molecular flexibility index (Phi) is 2.43. The topological polar surface area (TPSA) is 52.3 Å². The fourth-order valence-corrected chi connectivity index (χ4v) is 4.39. The van der Waals surface area contributed by atoms with Gasteiger partial charge in [-0.3, -0.25) is 4.79 Å². The zero-order chi connectivity index (χ0) is 12.3. The van der Waals surface area contributed by atoms with Crippen LogP contribution in [-0.4, -0.2) is 24.0 Å². The van der Waals surface area contributed by atoms with Crippen LogP contribution < -0.4 is 5.73 Å². The number of ketones is 1. The number of hydrogen-bond acceptors (Lipinski definition) is 3. The van der Waals surface area contributed by atoms with Crippen molar-refractivity contribution >= 4 is 5.78 Å². The molecular weight excluding hydrogens is 214 g/mol. The first-order valence-electron chi connectivity index (χ1n) is 6.95. The van der Waals surface area contributed by atoms with E-state index in [1.54, 1.807) is 0 Å². The standard InChI is InChI=1S/C14H23NO2/c1-9-10-3-5-13(2)6-4-11(8-15)12(16)14(13,7-10)17-9/h9-11H,3-8,15H2,1-2H3/t9?,10?,11?,13-,14?/m1/s1. The molecule has 0 amide bonds. The summed E-state index contributed by atoms with van der Waals surface area (Å²) in [5, 5.41) is 0. The summed E-state index contributed by atoms with van der Waals surface area (Å²) < 4.78 is 6.22. The van der Waals surface area contributed by atoms with E-state index in [2.05, 4.69) is 13.8 Å². The summed E-state index contributed by atoms with van der Waals surface area (Å²) in [5.74, 6) is 0.929. The zero-order valence-electron chi connectivity index (χ0n) is 10.9. The first-order valence-corrected chi connectivity index (χ1v) is 6.95. The minimum Gasteiger partial charge on any atom is -0.363 e. The van der Waals surface area contributed by atoms with Crippen molar-refractivity contribution in [2.75, 3.05) is 6.54 Å². The molecule has 3 rings (SSSR count). The highest BCUT2D eigenvalue weighted by Crippen LogP contribution is 2.60. The van der Waals surface area contributed by atoms with Gasteiger partial charge in [0.15, 0.2) is 5.78 Å². The molecule has 96 valence electrons. The highest BCUT2D eigenvalue weighted by atomic mass is 16.5. The molecule has 3 heteroatoms. The Morgan fingerprint density at radius 1 is 1.41 bits per heavy atom. The van der Waals surface area contributed by atoms with E-state index in [0.717, 1.165) is 25.7 Å². The minimum atomic E-state index is -0.488. The largest absolute Gasteiger partial charge is 0.363 e. The average Bonchev–Trinajstić information content (AvgIpc) is 2.60. The first-order chi connectivity index (χ1) is 8.02. The van der Waals surface area contributed by atoms with Crippen LogP contribution in [-0.2, 0) is 9.53 Å². The lowest BCUT2D eigenvalue weighted by molar-refractivity contribution is -0.176. The highest BCUT2D eigenvalue weighted by molar-refractivity contribution is 5.92. The molecule has 2 aliphatic carbocycles. The number of nitrogens with two attached hydrogens (primary N) is 1. The molecule has 3 aliphatic rings. The van der Waals surface area contributed by atoms with Crippen molar-refractivity contribution in [1.29, 1.82) is 0 Å². The Hall–Kier alpha value is -0.410. The minimum absolute atomic E-state index is 0.0344. The lowest BCUT2D eigenvalue weighted by Crippen LogP contribution is -2.60. The number of Topliss-reactive ketones (excluding diaryl/α,β-unsaturated/α-hetero) is 1. The number of rotatable bonds is 1. The van der Waals surface area contributed by atoms with Crippen LogP contribution in [0.4, 0.5) is 0 Å². The smallest absolute Gasteiger partial charge is 0.169 e. The second-order valence-electron chi connectivity index (χ2n) is 6.55. The van der Waals surface area contributed by atoms with E-state index in [1.165, 1.54) is 6.42 Å². The van der Waals surface area contributed by atoms with Crippen LogP contribution in [0.25, 0.3) is 0 Å². The molecule has 5 atom stereocenters. The first kappa shape index (κ1) is 11.7. The number of hydrogen-bond donors (Lipinski definition) is 1. The molecule has 17 heavy (non-hydrogen) atoms. The lowest BCUT2D eigenvalue weighted by Gasteiger charge is -2.52. The van der Waals surface area contributed by atoms with Crippen LogP contribution in [0.15, 0.2) is 0 Å². The van der Waals surface area contributed by atoms with E-state index in [9.17, 15) is 4.79 Å². The average molecular weight is 237 g/mol. The fourth-order valence-electron chi connectivity index (χ4n) is 4.39. The maximum atomic E-state index is 12.7. The van der Waals surface area contributed by atoms with Gasteiger partial charge >= 0.3 is 0 Å². The van der Waals surface area contributed by atoms with E-state index >= 15 is 0 Å². The lowest BCUT2D eigenvalue weighted by atomic mass is 9.54. The summed E-state index contributed by atoms with van der Waals surface area (Å²) in [4.78, 5) is 12.7. The van der Waals surface area contributed by atoms with Gasteiger partial charge in [0.25, 0.3) is 0 Å². The second-order valence-corrected chi connectivity index (χ2v) is 6.55. The van der Waals surface area contributed by atoms with Crippen molar-refractivity contribution in [3.63, 3.8) is 0 Å². The Labute approximate surface area is 103 Å². The van der Waals surface area contributed by atoms with Crippen LogP contribution in [0, 0.1) is 17.3 Å². The van der Waals surface area contributed by atoms with Crippen molar-refractivity contribution in [3.8, 4) is 0 Å². The third-order valence-corrected chi connectivity index (χ3v) is 5.74. The summed E-state index contributed by atoms with van der Waals surface area (Å²) in [5.41, 5.74) is 5.32. The molecule has 0 aromatic carbocycles. The molecule has 2 bridgehead atoms. The van der Waals surface area contributed by atoms with Gasteiger partial charge in [-0.1, -0.05) is 6.92 Å². The van der Waals surface area contributed by atoms with Gasteiger partial charge < -0.3 is 10.5 Å². The normalized spacial score (nSPS) is 53.6. The molecule has 1 saturated heterocycles. The van der Waals surface area contributed by atoms with E-state index < -0.39 is 5.60 Å². The number of carbonyl (C=O) groups is 1. The maximum Gasteiger partial charge on any atom is 0.169 e. The van der Waals surface area contributed by atoms with Crippen molar-refractivity contribution in [2.45, 2.75) is 57.7 Å². The number of fused-ring (bicyclic) bond motifs is 1. The summed E-state index contributed by atoms with van der Waals surface area (Å²) >= 11 is 0. The van der Waals surface area contributed by atoms with Crippen molar-refractivity contribution in [1.82, 2.24) is 0 Å². The van der Waals surface area contributed by atoms with Crippen LogP contribution >= 0.6 is 0 Å². The molecule has 1 spiro atoms. The molecule has 2 saturated carbocycles. The van der Waals surface area contributed by atoms with E-state index in [-0.39, 0.29) is 17.4 Å². The molecule has 1 heterocycles. The van der Waals surface area contributed by atoms with Crippen LogP contribution in [0.5, 0.6) is 0 Å². The zero-order valence-corrected chi connectivity index (χ0v) is 10.9. The van der Waals surface area contributed by atoms with E-state index in [4.69, 9.17) is 10.5 Å². The second kappa shape index (κ2) is 3.55.